The molecule has 0 amide bonds. The maximum Gasteiger partial charge on any atom is 0.707 e. The third kappa shape index (κ3) is 9.23. The van der Waals surface area contributed by atoms with Crippen LogP contribution in [0.4, 0.5) is 0 Å². The molecular formula is C9H15BO5. The molecule has 0 aliphatic heterocycles. The number of benzene rings is 1. The van der Waals surface area contributed by atoms with E-state index in [9.17, 15) is 0 Å². The van der Waals surface area contributed by atoms with Gasteiger partial charge in [-0.05, 0) is 18.6 Å². The molecule has 5 nitrogen and oxygen atoms in total. The first-order chi connectivity index (χ1) is 7.20. The van der Waals surface area contributed by atoms with Gasteiger partial charge < -0.3 is 24.9 Å². The zero-order chi connectivity index (χ0) is 11.5. The monoisotopic (exact) mass is 214 g/mol. The molecule has 1 aromatic carbocycles. The van der Waals surface area contributed by atoms with E-state index in [4.69, 9.17) is 20.3 Å². The average Bonchev–Trinajstić information content (AvgIpc) is 2.20. The van der Waals surface area contributed by atoms with E-state index in [0.29, 0.717) is 12.2 Å². The molecule has 0 heterocycles. The van der Waals surface area contributed by atoms with Gasteiger partial charge in [-0.25, -0.2) is 0 Å². The Morgan fingerprint density at radius 1 is 1.00 bits per heavy atom. The lowest BCUT2D eigenvalue weighted by Crippen LogP contribution is -2.20. The van der Waals surface area contributed by atoms with Gasteiger partial charge in [-0.3, -0.25) is 0 Å². The third-order valence-corrected chi connectivity index (χ3v) is 1.30. The minimum atomic E-state index is -1.73. The van der Waals surface area contributed by atoms with Crippen molar-refractivity contribution in [2.45, 2.75) is 6.42 Å². The number of hydrogen-bond acceptors (Lipinski definition) is 5. The average molecular weight is 214 g/mol. The topological polar surface area (TPSA) is 90.2 Å². The minimum Gasteiger partial charge on any atom is -0.512 e. The molecule has 0 spiro atoms. The van der Waals surface area contributed by atoms with Gasteiger partial charge in [0.1, 0.15) is 5.75 Å². The second-order valence-electron chi connectivity index (χ2n) is 2.56. The van der Waals surface area contributed by atoms with Crippen molar-refractivity contribution in [2.75, 3.05) is 13.2 Å². The summed E-state index contributed by atoms with van der Waals surface area (Å²) in [7, 11) is -1.73. The molecule has 0 aromatic heterocycles. The maximum atomic E-state index is 8.34. The minimum absolute atomic E-state index is 0.0938. The van der Waals surface area contributed by atoms with Gasteiger partial charge in [0.2, 0.25) is 0 Å². The highest BCUT2D eigenvalue weighted by atomic mass is 16.6. The van der Waals surface area contributed by atoms with Crippen LogP contribution in [0.2, 0.25) is 0 Å². The molecular weight excluding hydrogens is 199 g/mol. The third-order valence-electron chi connectivity index (χ3n) is 1.30. The van der Waals surface area contributed by atoms with Crippen molar-refractivity contribution in [3.63, 3.8) is 0 Å². The first kappa shape index (κ1) is 13.9. The van der Waals surface area contributed by atoms with Crippen LogP contribution in [-0.4, -0.2) is 40.8 Å². The van der Waals surface area contributed by atoms with E-state index in [-0.39, 0.29) is 13.2 Å². The molecule has 0 atom stereocenters. The van der Waals surface area contributed by atoms with Crippen LogP contribution in [0.3, 0.4) is 0 Å². The van der Waals surface area contributed by atoms with Gasteiger partial charge in [-0.15, -0.1) is 0 Å². The fraction of sp³-hybridized carbons (Fsp3) is 0.333. The zero-order valence-corrected chi connectivity index (χ0v) is 8.28. The number of rotatable bonds is 4. The van der Waals surface area contributed by atoms with E-state index in [0.717, 1.165) is 0 Å². The lowest BCUT2D eigenvalue weighted by Gasteiger charge is -2.01. The Balaban J connectivity index is 0.000000336. The predicted molar refractivity (Wildman–Crippen MR) is 56.1 cm³/mol. The van der Waals surface area contributed by atoms with Crippen LogP contribution in [0.25, 0.3) is 0 Å². The summed E-state index contributed by atoms with van der Waals surface area (Å²) in [5.74, 6) is 0.442. The Bertz CT molecular complexity index is 227. The fourth-order valence-corrected chi connectivity index (χ4v) is 0.691. The summed E-state index contributed by atoms with van der Waals surface area (Å²) in [4.78, 5) is 0. The SMILES string of the molecule is OB(O)Oc1ccccc1.OCCCO. The molecule has 0 bridgehead atoms. The smallest absolute Gasteiger partial charge is 0.512 e. The fourth-order valence-electron chi connectivity index (χ4n) is 0.691. The zero-order valence-electron chi connectivity index (χ0n) is 8.28. The van der Waals surface area contributed by atoms with Crippen molar-refractivity contribution < 1.29 is 24.9 Å². The molecule has 0 aliphatic rings. The Hall–Kier alpha value is -1.08. The second kappa shape index (κ2) is 9.48. The van der Waals surface area contributed by atoms with Crippen LogP contribution in [-0.2, 0) is 0 Å². The molecule has 0 saturated carbocycles. The van der Waals surface area contributed by atoms with Crippen LogP contribution in [0.5, 0.6) is 5.75 Å². The summed E-state index contributed by atoms with van der Waals surface area (Å²) < 4.78 is 4.53. The first-order valence-corrected chi connectivity index (χ1v) is 4.50. The summed E-state index contributed by atoms with van der Waals surface area (Å²) >= 11 is 0. The quantitative estimate of drug-likeness (QED) is 0.502. The van der Waals surface area contributed by atoms with Crippen LogP contribution in [0, 0.1) is 0 Å². The summed E-state index contributed by atoms with van der Waals surface area (Å²) in [6.07, 6.45) is 0.500. The van der Waals surface area contributed by atoms with Crippen molar-refractivity contribution in [1.29, 1.82) is 0 Å². The molecule has 0 aliphatic carbocycles. The molecule has 0 saturated heterocycles. The van der Waals surface area contributed by atoms with E-state index in [1.807, 2.05) is 6.07 Å². The van der Waals surface area contributed by atoms with Crippen molar-refractivity contribution in [3.05, 3.63) is 30.3 Å². The molecule has 0 fully saturated rings. The van der Waals surface area contributed by atoms with Crippen molar-refractivity contribution in [3.8, 4) is 5.75 Å². The summed E-state index contributed by atoms with van der Waals surface area (Å²) in [6.45, 7) is 0.188. The van der Waals surface area contributed by atoms with Crippen molar-refractivity contribution >= 4 is 7.32 Å². The normalized spacial score (nSPS) is 8.80. The summed E-state index contributed by atoms with van der Waals surface area (Å²) in [5, 5.41) is 32.5. The molecule has 0 radical (unpaired) electrons. The Morgan fingerprint density at radius 2 is 1.53 bits per heavy atom. The van der Waals surface area contributed by atoms with Crippen molar-refractivity contribution in [2.24, 2.45) is 0 Å². The Kier molecular flexibility index (Phi) is 8.80. The molecule has 6 heteroatoms. The van der Waals surface area contributed by atoms with Gasteiger partial charge in [-0.2, -0.15) is 0 Å². The van der Waals surface area contributed by atoms with Gasteiger partial charge in [0.25, 0.3) is 0 Å². The lowest BCUT2D eigenvalue weighted by molar-refractivity contribution is 0.221. The van der Waals surface area contributed by atoms with E-state index in [2.05, 4.69) is 4.65 Å². The number of aliphatic hydroxyl groups excluding tert-OH is 2. The van der Waals surface area contributed by atoms with Crippen LogP contribution < -0.4 is 4.65 Å². The highest BCUT2D eigenvalue weighted by molar-refractivity contribution is 6.33. The highest BCUT2D eigenvalue weighted by Gasteiger charge is 2.09. The van der Waals surface area contributed by atoms with Gasteiger partial charge in [0.05, 0.1) is 0 Å². The van der Waals surface area contributed by atoms with E-state index < -0.39 is 7.32 Å². The number of para-hydroxylation sites is 1. The van der Waals surface area contributed by atoms with Gasteiger partial charge >= 0.3 is 7.32 Å². The Morgan fingerprint density at radius 3 is 1.87 bits per heavy atom. The van der Waals surface area contributed by atoms with Crippen LogP contribution >= 0.6 is 0 Å². The molecule has 1 aromatic rings. The van der Waals surface area contributed by atoms with Gasteiger partial charge in [-0.1, -0.05) is 18.2 Å². The van der Waals surface area contributed by atoms with E-state index in [1.165, 1.54) is 0 Å². The van der Waals surface area contributed by atoms with Crippen LogP contribution in [0.1, 0.15) is 6.42 Å². The molecule has 1 rings (SSSR count). The molecule has 4 N–H and O–H groups in total. The first-order valence-electron chi connectivity index (χ1n) is 4.50. The molecule has 84 valence electrons. The molecule has 0 unspecified atom stereocenters. The standard InChI is InChI=1S/C6H7BO3.C3H8O2/c8-7(9)10-6-4-2-1-3-5-6;4-2-1-3-5/h1-5,8-9H;4-5H,1-3H2. The summed E-state index contributed by atoms with van der Waals surface area (Å²) in [5.41, 5.74) is 0. The van der Waals surface area contributed by atoms with Crippen LogP contribution in [0.15, 0.2) is 30.3 Å². The number of hydrogen-bond donors (Lipinski definition) is 4. The summed E-state index contributed by atoms with van der Waals surface area (Å²) in [6, 6.07) is 8.59. The highest BCUT2D eigenvalue weighted by Crippen LogP contribution is 2.07. The second-order valence-corrected chi connectivity index (χ2v) is 2.56. The number of aliphatic hydroxyl groups is 2. The van der Waals surface area contributed by atoms with E-state index >= 15 is 0 Å². The largest absolute Gasteiger partial charge is 0.707 e. The van der Waals surface area contributed by atoms with Gasteiger partial charge in [0.15, 0.2) is 0 Å². The molecule has 15 heavy (non-hydrogen) atoms. The predicted octanol–water partition coefficient (Wildman–Crippen LogP) is -0.604. The lowest BCUT2D eigenvalue weighted by atomic mass is 10.2. The Labute approximate surface area is 88.8 Å². The van der Waals surface area contributed by atoms with Crippen molar-refractivity contribution in [1.82, 2.24) is 0 Å². The maximum absolute atomic E-state index is 8.34. The van der Waals surface area contributed by atoms with Gasteiger partial charge in [0, 0.05) is 13.2 Å². The van der Waals surface area contributed by atoms with E-state index in [1.54, 1.807) is 24.3 Å².